The molecule has 3 N–H and O–H groups in total. The normalized spacial score (nSPS) is 21.7. The van der Waals surface area contributed by atoms with Crippen LogP contribution in [0.3, 0.4) is 0 Å². The van der Waals surface area contributed by atoms with E-state index in [9.17, 15) is 4.79 Å². The van der Waals surface area contributed by atoms with Crippen LogP contribution in [0.4, 0.5) is 5.69 Å². The van der Waals surface area contributed by atoms with E-state index in [1.54, 1.807) is 0 Å². The van der Waals surface area contributed by atoms with Crippen LogP contribution in [-0.4, -0.2) is 18.6 Å². The summed E-state index contributed by atoms with van der Waals surface area (Å²) in [5.74, 6) is 1.08. The van der Waals surface area contributed by atoms with Crippen molar-refractivity contribution in [3.05, 3.63) is 24.3 Å². The molecule has 20 heavy (non-hydrogen) atoms. The number of hydrogen-bond donors (Lipinski definition) is 2. The summed E-state index contributed by atoms with van der Waals surface area (Å²) in [6.45, 7) is 2.71. The van der Waals surface area contributed by atoms with Gasteiger partial charge in [-0.2, -0.15) is 0 Å². The van der Waals surface area contributed by atoms with E-state index in [2.05, 4.69) is 12.2 Å². The highest BCUT2D eigenvalue weighted by Gasteiger charge is 2.26. The predicted molar refractivity (Wildman–Crippen MR) is 80.8 cm³/mol. The number of hydrogen-bond acceptors (Lipinski definition) is 3. The van der Waals surface area contributed by atoms with E-state index >= 15 is 0 Å². The van der Waals surface area contributed by atoms with Gasteiger partial charge in [-0.15, -0.1) is 0 Å². The van der Waals surface area contributed by atoms with Gasteiger partial charge >= 0.3 is 0 Å². The largest absolute Gasteiger partial charge is 0.491 e. The van der Waals surface area contributed by atoms with Gasteiger partial charge in [0.1, 0.15) is 5.75 Å². The second-order valence-corrected chi connectivity index (χ2v) is 5.45. The molecule has 0 bridgehead atoms. The molecule has 110 valence electrons. The molecule has 4 heteroatoms. The Balaban J connectivity index is 1.93. The Morgan fingerprint density at radius 1 is 1.40 bits per heavy atom. The summed E-state index contributed by atoms with van der Waals surface area (Å²) >= 11 is 0. The van der Waals surface area contributed by atoms with Crippen LogP contribution >= 0.6 is 0 Å². The zero-order chi connectivity index (χ0) is 14.4. The lowest BCUT2D eigenvalue weighted by Gasteiger charge is -2.16. The van der Waals surface area contributed by atoms with Crippen molar-refractivity contribution in [2.75, 3.05) is 11.9 Å². The third-order valence-electron chi connectivity index (χ3n) is 3.79. The van der Waals surface area contributed by atoms with Crippen LogP contribution in [0.5, 0.6) is 5.75 Å². The molecule has 0 unspecified atom stereocenters. The summed E-state index contributed by atoms with van der Waals surface area (Å²) in [5.41, 5.74) is 6.76. The molecule has 1 saturated carbocycles. The average molecular weight is 276 g/mol. The lowest BCUT2D eigenvalue weighted by atomic mass is 10.00. The third-order valence-corrected chi connectivity index (χ3v) is 3.79. The number of nitrogens with two attached hydrogens (primary N) is 1. The van der Waals surface area contributed by atoms with E-state index in [1.165, 1.54) is 0 Å². The number of nitrogens with one attached hydrogen (secondary N) is 1. The number of anilines is 1. The Hall–Kier alpha value is -1.55. The van der Waals surface area contributed by atoms with Crippen LogP contribution in [0, 0.1) is 5.92 Å². The highest BCUT2D eigenvalue weighted by molar-refractivity contribution is 5.92. The van der Waals surface area contributed by atoms with Crippen molar-refractivity contribution in [1.82, 2.24) is 0 Å². The van der Waals surface area contributed by atoms with Gasteiger partial charge in [0.05, 0.1) is 12.3 Å². The van der Waals surface area contributed by atoms with E-state index in [-0.39, 0.29) is 11.9 Å². The summed E-state index contributed by atoms with van der Waals surface area (Å²) in [6.07, 6.45) is 4.68. The van der Waals surface area contributed by atoms with Gasteiger partial charge in [0.25, 0.3) is 0 Å². The highest BCUT2D eigenvalue weighted by atomic mass is 16.5. The van der Waals surface area contributed by atoms with E-state index in [0.717, 1.165) is 37.1 Å². The van der Waals surface area contributed by atoms with E-state index in [1.807, 2.05) is 24.3 Å². The van der Waals surface area contributed by atoms with Crippen molar-refractivity contribution in [2.45, 2.75) is 45.1 Å². The van der Waals surface area contributed by atoms with Crippen LogP contribution in [0.15, 0.2) is 24.3 Å². The standard InChI is InChI=1S/C16H24N2O2/c1-2-10-20-15-9-4-3-8-14(15)18-16(19)11-12-6-5-7-13(12)17/h3-4,8-9,12-13H,2,5-7,10-11,17H2,1H3,(H,18,19)/t12-,13+/m0/s1. The lowest BCUT2D eigenvalue weighted by molar-refractivity contribution is -0.117. The first-order valence-electron chi connectivity index (χ1n) is 7.48. The molecule has 1 aliphatic rings. The molecule has 2 atom stereocenters. The molecule has 0 spiro atoms. The first-order chi connectivity index (χ1) is 9.70. The number of carbonyl (C=O) groups is 1. The summed E-state index contributed by atoms with van der Waals surface area (Å²) in [6, 6.07) is 7.74. The van der Waals surface area contributed by atoms with E-state index in [4.69, 9.17) is 10.5 Å². The fraction of sp³-hybridized carbons (Fsp3) is 0.562. The Kier molecular flexibility index (Phi) is 5.41. The molecule has 1 aliphatic carbocycles. The lowest BCUT2D eigenvalue weighted by Crippen LogP contribution is -2.28. The molecule has 0 saturated heterocycles. The van der Waals surface area contributed by atoms with Gasteiger partial charge in [-0.05, 0) is 37.3 Å². The molecule has 0 heterocycles. The molecule has 1 amide bonds. The molecular formula is C16H24N2O2. The van der Waals surface area contributed by atoms with Crippen molar-refractivity contribution in [3.8, 4) is 5.75 Å². The Bertz CT molecular complexity index is 448. The number of benzene rings is 1. The van der Waals surface area contributed by atoms with Gasteiger partial charge in [-0.25, -0.2) is 0 Å². The molecule has 1 aromatic rings. The van der Waals surface area contributed by atoms with Crippen molar-refractivity contribution in [3.63, 3.8) is 0 Å². The molecular weight excluding hydrogens is 252 g/mol. The first kappa shape index (κ1) is 14.9. The van der Waals surface area contributed by atoms with Crippen molar-refractivity contribution in [1.29, 1.82) is 0 Å². The number of rotatable bonds is 6. The third kappa shape index (κ3) is 3.97. The molecule has 0 aromatic heterocycles. The maximum Gasteiger partial charge on any atom is 0.224 e. The summed E-state index contributed by atoms with van der Waals surface area (Å²) in [7, 11) is 0. The topological polar surface area (TPSA) is 64.3 Å². The van der Waals surface area contributed by atoms with Gasteiger partial charge in [0.15, 0.2) is 0 Å². The molecule has 1 aromatic carbocycles. The Morgan fingerprint density at radius 2 is 2.20 bits per heavy atom. The minimum Gasteiger partial charge on any atom is -0.491 e. The highest BCUT2D eigenvalue weighted by Crippen LogP contribution is 2.28. The second kappa shape index (κ2) is 7.29. The fourth-order valence-corrected chi connectivity index (χ4v) is 2.67. The zero-order valence-corrected chi connectivity index (χ0v) is 12.1. The van der Waals surface area contributed by atoms with E-state index < -0.39 is 0 Å². The van der Waals surface area contributed by atoms with E-state index in [0.29, 0.717) is 18.9 Å². The van der Waals surface area contributed by atoms with Crippen molar-refractivity contribution in [2.24, 2.45) is 11.7 Å². The average Bonchev–Trinajstić information content (AvgIpc) is 2.83. The Morgan fingerprint density at radius 3 is 2.90 bits per heavy atom. The van der Waals surface area contributed by atoms with Gasteiger partial charge in [0.2, 0.25) is 5.91 Å². The smallest absolute Gasteiger partial charge is 0.224 e. The summed E-state index contributed by atoms with van der Waals surface area (Å²) in [4.78, 5) is 12.1. The minimum absolute atomic E-state index is 0.0277. The van der Waals surface area contributed by atoms with Gasteiger partial charge < -0.3 is 15.8 Å². The molecule has 2 rings (SSSR count). The van der Waals surface area contributed by atoms with Crippen molar-refractivity contribution >= 4 is 11.6 Å². The number of ether oxygens (including phenoxy) is 1. The predicted octanol–water partition coefficient (Wildman–Crippen LogP) is 2.93. The quantitative estimate of drug-likeness (QED) is 0.839. The monoisotopic (exact) mass is 276 g/mol. The molecule has 0 aliphatic heterocycles. The first-order valence-corrected chi connectivity index (χ1v) is 7.48. The minimum atomic E-state index is 0.0277. The van der Waals surface area contributed by atoms with Gasteiger partial charge in [-0.3, -0.25) is 4.79 Å². The molecule has 4 nitrogen and oxygen atoms in total. The van der Waals surface area contributed by atoms with Crippen LogP contribution in [0.1, 0.15) is 39.0 Å². The zero-order valence-electron chi connectivity index (χ0n) is 12.1. The van der Waals surface area contributed by atoms with Crippen LogP contribution < -0.4 is 15.8 Å². The van der Waals surface area contributed by atoms with Gasteiger partial charge in [-0.1, -0.05) is 25.5 Å². The second-order valence-electron chi connectivity index (χ2n) is 5.45. The SMILES string of the molecule is CCCOc1ccccc1NC(=O)C[C@@H]1CCC[C@H]1N. The van der Waals surface area contributed by atoms with Crippen LogP contribution in [0.25, 0.3) is 0 Å². The molecule has 1 fully saturated rings. The van der Waals surface area contributed by atoms with Crippen LogP contribution in [-0.2, 0) is 4.79 Å². The summed E-state index contributed by atoms with van der Waals surface area (Å²) < 4.78 is 5.64. The number of amides is 1. The number of carbonyl (C=O) groups excluding carboxylic acids is 1. The number of para-hydroxylation sites is 2. The summed E-state index contributed by atoms with van der Waals surface area (Å²) in [5, 5.41) is 2.95. The van der Waals surface area contributed by atoms with Crippen molar-refractivity contribution < 1.29 is 9.53 Å². The van der Waals surface area contributed by atoms with Gasteiger partial charge in [0, 0.05) is 12.5 Å². The Labute approximate surface area is 120 Å². The maximum absolute atomic E-state index is 12.1. The fourth-order valence-electron chi connectivity index (χ4n) is 2.67. The maximum atomic E-state index is 12.1. The molecule has 0 radical (unpaired) electrons. The van der Waals surface area contributed by atoms with Crippen LogP contribution in [0.2, 0.25) is 0 Å².